The molecular formula is C16H14Cl2N2O3S. The summed E-state index contributed by atoms with van der Waals surface area (Å²) >= 11 is 13.4. The van der Waals surface area contributed by atoms with E-state index in [1.165, 1.54) is 18.2 Å². The molecule has 0 spiro atoms. The Hall–Kier alpha value is -1.76. The smallest absolute Gasteiger partial charge is 0.270 e. The molecule has 2 rings (SSSR count). The zero-order chi connectivity index (χ0) is 17.5. The fourth-order valence-electron chi connectivity index (χ4n) is 1.90. The van der Waals surface area contributed by atoms with E-state index in [0.717, 1.165) is 11.3 Å². The normalized spacial score (nSPS) is 10.4. The van der Waals surface area contributed by atoms with E-state index in [2.05, 4.69) is 5.32 Å². The largest absolute Gasteiger partial charge is 0.351 e. The molecule has 2 aromatic carbocycles. The van der Waals surface area contributed by atoms with Crippen LogP contribution in [0.4, 0.5) is 5.69 Å². The van der Waals surface area contributed by atoms with Crippen LogP contribution in [0.2, 0.25) is 10.0 Å². The van der Waals surface area contributed by atoms with Gasteiger partial charge in [-0.3, -0.25) is 14.9 Å². The van der Waals surface area contributed by atoms with Crippen LogP contribution < -0.4 is 5.32 Å². The predicted molar refractivity (Wildman–Crippen MR) is 98.1 cm³/mol. The van der Waals surface area contributed by atoms with Crippen molar-refractivity contribution in [3.05, 3.63) is 73.8 Å². The zero-order valence-electron chi connectivity index (χ0n) is 12.5. The van der Waals surface area contributed by atoms with Crippen molar-refractivity contribution < 1.29 is 9.72 Å². The van der Waals surface area contributed by atoms with Crippen LogP contribution >= 0.6 is 35.0 Å². The molecule has 0 aliphatic rings. The van der Waals surface area contributed by atoms with Crippen molar-refractivity contribution in [1.29, 1.82) is 0 Å². The Balaban J connectivity index is 1.80. The average molecular weight is 385 g/mol. The number of nitrogens with zero attached hydrogens (tertiary/aromatic N) is 1. The molecule has 0 unspecified atom stereocenters. The number of hydrogen-bond donors (Lipinski definition) is 1. The maximum atomic E-state index is 12.1. The second kappa shape index (κ2) is 8.92. The third-order valence-corrected chi connectivity index (χ3v) is 4.73. The molecule has 0 radical (unpaired) electrons. The van der Waals surface area contributed by atoms with Crippen molar-refractivity contribution in [2.24, 2.45) is 0 Å². The minimum atomic E-state index is -0.560. The van der Waals surface area contributed by atoms with Crippen LogP contribution in [0.15, 0.2) is 42.5 Å². The summed E-state index contributed by atoms with van der Waals surface area (Å²) in [5.74, 6) is 1.10. The molecule has 0 saturated heterocycles. The number of amides is 1. The fraction of sp³-hybridized carbons (Fsp3) is 0.188. The summed E-state index contributed by atoms with van der Waals surface area (Å²) in [5.41, 5.74) is 1.09. The number of carbonyl (C=O) groups is 1. The standard InChI is InChI=1S/C16H14Cl2N2O3S/c17-12-3-1-11(2-4-12)10-24-8-7-19-16(21)14-9-13(20(22)23)5-6-15(14)18/h1-6,9H,7-8,10H2,(H,19,21). The van der Waals surface area contributed by atoms with Crippen LogP contribution in [-0.4, -0.2) is 23.1 Å². The van der Waals surface area contributed by atoms with Crippen molar-refractivity contribution in [2.45, 2.75) is 5.75 Å². The quantitative estimate of drug-likeness (QED) is 0.431. The first-order valence-corrected chi connectivity index (χ1v) is 8.93. The molecule has 0 aliphatic heterocycles. The molecule has 0 heterocycles. The minimum absolute atomic E-state index is 0.105. The zero-order valence-corrected chi connectivity index (χ0v) is 14.8. The first-order chi connectivity index (χ1) is 11.5. The summed E-state index contributed by atoms with van der Waals surface area (Å²) in [6.07, 6.45) is 0. The molecule has 2 aromatic rings. The van der Waals surface area contributed by atoms with E-state index in [9.17, 15) is 14.9 Å². The van der Waals surface area contributed by atoms with E-state index >= 15 is 0 Å². The number of rotatable bonds is 7. The first-order valence-electron chi connectivity index (χ1n) is 7.01. The number of non-ortho nitro benzene ring substituents is 1. The van der Waals surface area contributed by atoms with Crippen LogP contribution in [-0.2, 0) is 5.75 Å². The van der Waals surface area contributed by atoms with Crippen molar-refractivity contribution >= 4 is 46.6 Å². The summed E-state index contributed by atoms with van der Waals surface area (Å²) in [6, 6.07) is 11.4. The van der Waals surface area contributed by atoms with Gasteiger partial charge in [0.2, 0.25) is 0 Å². The van der Waals surface area contributed by atoms with Gasteiger partial charge < -0.3 is 5.32 Å². The molecule has 1 amide bonds. The maximum Gasteiger partial charge on any atom is 0.270 e. The summed E-state index contributed by atoms with van der Waals surface area (Å²) in [6.45, 7) is 0.441. The highest BCUT2D eigenvalue weighted by atomic mass is 35.5. The molecule has 5 nitrogen and oxygen atoms in total. The lowest BCUT2D eigenvalue weighted by molar-refractivity contribution is -0.384. The Morgan fingerprint density at radius 3 is 2.54 bits per heavy atom. The molecule has 126 valence electrons. The minimum Gasteiger partial charge on any atom is -0.351 e. The predicted octanol–water partition coefficient (Wildman–Crippen LogP) is 4.56. The summed E-state index contributed by atoms with van der Waals surface area (Å²) in [7, 11) is 0. The summed E-state index contributed by atoms with van der Waals surface area (Å²) in [5, 5.41) is 14.4. The second-order valence-corrected chi connectivity index (χ2v) is 6.81. The van der Waals surface area contributed by atoms with Crippen LogP contribution in [0.25, 0.3) is 0 Å². The van der Waals surface area contributed by atoms with Crippen molar-refractivity contribution in [1.82, 2.24) is 5.32 Å². The molecule has 0 aliphatic carbocycles. The molecule has 0 bridgehead atoms. The van der Waals surface area contributed by atoms with Gasteiger partial charge >= 0.3 is 0 Å². The Morgan fingerprint density at radius 1 is 1.17 bits per heavy atom. The number of carbonyl (C=O) groups excluding carboxylic acids is 1. The van der Waals surface area contributed by atoms with Gasteiger partial charge in [-0.2, -0.15) is 11.8 Å². The van der Waals surface area contributed by atoms with Crippen LogP contribution in [0.3, 0.4) is 0 Å². The van der Waals surface area contributed by atoms with Gasteiger partial charge in [0.1, 0.15) is 0 Å². The highest BCUT2D eigenvalue weighted by Crippen LogP contribution is 2.22. The highest BCUT2D eigenvalue weighted by molar-refractivity contribution is 7.98. The van der Waals surface area contributed by atoms with Gasteiger partial charge in [-0.1, -0.05) is 35.3 Å². The van der Waals surface area contributed by atoms with Crippen LogP contribution in [0.5, 0.6) is 0 Å². The second-order valence-electron chi connectivity index (χ2n) is 4.86. The maximum absolute atomic E-state index is 12.1. The molecule has 1 N–H and O–H groups in total. The van der Waals surface area contributed by atoms with Crippen molar-refractivity contribution in [3.63, 3.8) is 0 Å². The molecule has 0 saturated carbocycles. The van der Waals surface area contributed by atoms with E-state index in [4.69, 9.17) is 23.2 Å². The van der Waals surface area contributed by atoms with Gasteiger partial charge in [0.25, 0.3) is 11.6 Å². The molecule has 0 aromatic heterocycles. The topological polar surface area (TPSA) is 72.2 Å². The van der Waals surface area contributed by atoms with E-state index in [-0.39, 0.29) is 16.3 Å². The number of benzene rings is 2. The van der Waals surface area contributed by atoms with Crippen molar-refractivity contribution in [3.8, 4) is 0 Å². The van der Waals surface area contributed by atoms with Crippen LogP contribution in [0.1, 0.15) is 15.9 Å². The Morgan fingerprint density at radius 2 is 1.88 bits per heavy atom. The first kappa shape index (κ1) is 18.6. The Bertz CT molecular complexity index is 739. The molecule has 0 fully saturated rings. The molecule has 0 atom stereocenters. The SMILES string of the molecule is O=C(NCCSCc1ccc(Cl)cc1)c1cc([N+](=O)[O-])ccc1Cl. The monoisotopic (exact) mass is 384 g/mol. The van der Waals surface area contributed by atoms with Gasteiger partial charge in [-0.05, 0) is 23.8 Å². The molecule has 24 heavy (non-hydrogen) atoms. The van der Waals surface area contributed by atoms with Gasteiger partial charge in [0.05, 0.1) is 15.5 Å². The van der Waals surface area contributed by atoms with Gasteiger partial charge in [-0.15, -0.1) is 0 Å². The van der Waals surface area contributed by atoms with Gasteiger partial charge in [0.15, 0.2) is 0 Å². The lowest BCUT2D eigenvalue weighted by atomic mass is 10.2. The lowest BCUT2D eigenvalue weighted by Crippen LogP contribution is -2.26. The number of halogens is 2. The summed E-state index contributed by atoms with van der Waals surface area (Å²) in [4.78, 5) is 22.3. The molecule has 8 heteroatoms. The number of thioether (sulfide) groups is 1. The third-order valence-electron chi connectivity index (χ3n) is 3.12. The Kier molecular flexibility index (Phi) is 6.90. The lowest BCUT2D eigenvalue weighted by Gasteiger charge is -2.07. The number of hydrogen-bond acceptors (Lipinski definition) is 4. The van der Waals surface area contributed by atoms with E-state index in [1.807, 2.05) is 24.3 Å². The Labute approximate surface area is 153 Å². The van der Waals surface area contributed by atoms with Crippen molar-refractivity contribution in [2.75, 3.05) is 12.3 Å². The third kappa shape index (κ3) is 5.40. The van der Waals surface area contributed by atoms with E-state index < -0.39 is 10.8 Å². The summed E-state index contributed by atoms with van der Waals surface area (Å²) < 4.78 is 0. The number of nitro groups is 1. The highest BCUT2D eigenvalue weighted by Gasteiger charge is 2.15. The molecular weight excluding hydrogens is 371 g/mol. The van der Waals surface area contributed by atoms with E-state index in [0.29, 0.717) is 17.3 Å². The average Bonchev–Trinajstić information content (AvgIpc) is 2.56. The number of nitro benzene ring substituents is 1. The van der Waals surface area contributed by atoms with Crippen LogP contribution in [0, 0.1) is 10.1 Å². The van der Waals surface area contributed by atoms with Gasteiger partial charge in [-0.25, -0.2) is 0 Å². The van der Waals surface area contributed by atoms with E-state index in [1.54, 1.807) is 11.8 Å². The van der Waals surface area contributed by atoms with Gasteiger partial charge in [0, 0.05) is 35.2 Å². The number of nitrogens with one attached hydrogen (secondary N) is 1. The fourth-order valence-corrected chi connectivity index (χ4v) is 3.05.